The van der Waals surface area contributed by atoms with Crippen LogP contribution in [0.25, 0.3) is 16.9 Å². The van der Waals surface area contributed by atoms with E-state index >= 15 is 0 Å². The van der Waals surface area contributed by atoms with Crippen molar-refractivity contribution in [1.82, 2.24) is 4.57 Å². The van der Waals surface area contributed by atoms with Gasteiger partial charge in [0.2, 0.25) is 0 Å². The number of alkyl halides is 3. The van der Waals surface area contributed by atoms with E-state index in [2.05, 4.69) is 4.42 Å². The SMILES string of the molecule is CS(=O)(=O)c1cc(F)c(-c2coc(=O)n2-c2ccc(C(F)(F)F)cc2)cc1F. The van der Waals surface area contributed by atoms with Crippen LogP contribution < -0.4 is 5.76 Å². The van der Waals surface area contributed by atoms with Crippen molar-refractivity contribution in [2.24, 2.45) is 0 Å². The fourth-order valence-electron chi connectivity index (χ4n) is 2.55. The highest BCUT2D eigenvalue weighted by molar-refractivity contribution is 7.90. The Morgan fingerprint density at radius 1 is 1.00 bits per heavy atom. The Labute approximate surface area is 154 Å². The Morgan fingerprint density at radius 3 is 2.14 bits per heavy atom. The molecule has 3 aromatic rings. The van der Waals surface area contributed by atoms with E-state index in [1.165, 1.54) is 0 Å². The summed E-state index contributed by atoms with van der Waals surface area (Å²) in [4.78, 5) is 11.1. The number of oxazole rings is 1. The maximum atomic E-state index is 14.4. The lowest BCUT2D eigenvalue weighted by molar-refractivity contribution is -0.137. The van der Waals surface area contributed by atoms with Crippen molar-refractivity contribution in [3.63, 3.8) is 0 Å². The summed E-state index contributed by atoms with van der Waals surface area (Å²) in [5.41, 5.74) is -1.87. The minimum Gasteiger partial charge on any atom is -0.415 e. The highest BCUT2D eigenvalue weighted by Crippen LogP contribution is 2.31. The van der Waals surface area contributed by atoms with Crippen LogP contribution in [0.4, 0.5) is 22.0 Å². The number of rotatable bonds is 3. The first-order chi connectivity index (χ1) is 12.9. The number of halogens is 5. The molecule has 0 unspecified atom stereocenters. The Bertz CT molecular complexity index is 1210. The summed E-state index contributed by atoms with van der Waals surface area (Å²) in [6, 6.07) is 4.36. The van der Waals surface area contributed by atoms with E-state index < -0.39 is 49.4 Å². The third-order valence-electron chi connectivity index (χ3n) is 3.84. The molecule has 0 N–H and O–H groups in total. The number of benzene rings is 2. The van der Waals surface area contributed by atoms with Crippen LogP contribution in [0.5, 0.6) is 0 Å². The number of hydrogen-bond acceptors (Lipinski definition) is 4. The van der Waals surface area contributed by atoms with Crippen LogP contribution in [0.3, 0.4) is 0 Å². The van der Waals surface area contributed by atoms with E-state index in [4.69, 9.17) is 0 Å². The van der Waals surface area contributed by atoms with E-state index in [1.54, 1.807) is 0 Å². The second-order valence-corrected chi connectivity index (χ2v) is 7.79. The molecule has 28 heavy (non-hydrogen) atoms. The molecular formula is C17H10F5NO4S. The van der Waals surface area contributed by atoms with E-state index in [0.29, 0.717) is 30.5 Å². The monoisotopic (exact) mass is 419 g/mol. The van der Waals surface area contributed by atoms with Gasteiger partial charge in [0.25, 0.3) is 0 Å². The summed E-state index contributed by atoms with van der Waals surface area (Å²) >= 11 is 0. The first kappa shape index (κ1) is 19.8. The summed E-state index contributed by atoms with van der Waals surface area (Å²) in [6.07, 6.45) is -3.11. The smallest absolute Gasteiger partial charge is 0.415 e. The first-order valence-corrected chi connectivity index (χ1v) is 9.36. The number of nitrogens with zero attached hydrogens (tertiary/aromatic N) is 1. The lowest BCUT2D eigenvalue weighted by Crippen LogP contribution is -2.14. The molecule has 1 aromatic heterocycles. The van der Waals surface area contributed by atoms with Gasteiger partial charge in [-0.3, -0.25) is 0 Å². The molecule has 0 saturated carbocycles. The summed E-state index contributed by atoms with van der Waals surface area (Å²) in [5, 5.41) is 0. The lowest BCUT2D eigenvalue weighted by atomic mass is 10.1. The van der Waals surface area contributed by atoms with Crippen molar-refractivity contribution in [2.75, 3.05) is 6.26 Å². The summed E-state index contributed by atoms with van der Waals surface area (Å²) < 4.78 is 95.0. The predicted octanol–water partition coefficient (Wildman–Crippen LogP) is 3.80. The molecule has 0 aliphatic rings. The van der Waals surface area contributed by atoms with E-state index in [0.717, 1.165) is 23.0 Å². The van der Waals surface area contributed by atoms with Crippen molar-refractivity contribution in [2.45, 2.75) is 11.1 Å². The van der Waals surface area contributed by atoms with Crippen molar-refractivity contribution in [3.8, 4) is 16.9 Å². The van der Waals surface area contributed by atoms with Crippen LogP contribution >= 0.6 is 0 Å². The zero-order chi connectivity index (χ0) is 20.9. The molecule has 0 aliphatic carbocycles. The number of hydrogen-bond donors (Lipinski definition) is 0. The summed E-state index contributed by atoms with van der Waals surface area (Å²) in [6.45, 7) is 0. The highest BCUT2D eigenvalue weighted by Gasteiger charge is 2.30. The van der Waals surface area contributed by atoms with Gasteiger partial charge in [-0.15, -0.1) is 0 Å². The Kier molecular flexibility index (Phi) is 4.66. The van der Waals surface area contributed by atoms with Crippen LogP contribution in [-0.2, 0) is 16.0 Å². The molecule has 0 radical (unpaired) electrons. The van der Waals surface area contributed by atoms with E-state index in [1.807, 2.05) is 0 Å². The summed E-state index contributed by atoms with van der Waals surface area (Å²) in [7, 11) is -4.04. The highest BCUT2D eigenvalue weighted by atomic mass is 32.2. The fourth-order valence-corrected chi connectivity index (χ4v) is 3.28. The van der Waals surface area contributed by atoms with E-state index in [-0.39, 0.29) is 11.4 Å². The van der Waals surface area contributed by atoms with Gasteiger partial charge in [0.05, 0.1) is 16.9 Å². The maximum Gasteiger partial charge on any atom is 0.424 e. The van der Waals surface area contributed by atoms with Gasteiger partial charge in [0.15, 0.2) is 9.84 Å². The molecule has 0 saturated heterocycles. The van der Waals surface area contributed by atoms with Crippen LogP contribution in [0.2, 0.25) is 0 Å². The third kappa shape index (κ3) is 3.57. The van der Waals surface area contributed by atoms with Crippen LogP contribution in [0, 0.1) is 11.6 Å². The van der Waals surface area contributed by atoms with Crippen molar-refractivity contribution >= 4 is 9.84 Å². The molecule has 5 nitrogen and oxygen atoms in total. The quantitative estimate of drug-likeness (QED) is 0.606. The molecule has 0 amide bonds. The van der Waals surface area contributed by atoms with Gasteiger partial charge in [-0.05, 0) is 36.4 Å². The molecule has 1 heterocycles. The molecular weight excluding hydrogens is 409 g/mol. The average Bonchev–Trinajstić information content (AvgIpc) is 2.96. The van der Waals surface area contributed by atoms with Gasteiger partial charge in [-0.1, -0.05) is 0 Å². The number of aromatic nitrogens is 1. The normalized spacial score (nSPS) is 12.4. The van der Waals surface area contributed by atoms with Crippen LogP contribution in [0.1, 0.15) is 5.56 Å². The van der Waals surface area contributed by atoms with Gasteiger partial charge >= 0.3 is 11.9 Å². The van der Waals surface area contributed by atoms with Gasteiger partial charge in [-0.2, -0.15) is 13.2 Å². The third-order valence-corrected chi connectivity index (χ3v) is 4.96. The Balaban J connectivity index is 2.17. The molecule has 0 atom stereocenters. The molecule has 3 rings (SSSR count). The minimum atomic E-state index is -4.60. The van der Waals surface area contributed by atoms with Crippen LogP contribution in [-0.4, -0.2) is 19.2 Å². The van der Waals surface area contributed by atoms with Crippen molar-refractivity contribution in [1.29, 1.82) is 0 Å². The topological polar surface area (TPSA) is 69.3 Å². The second kappa shape index (κ2) is 6.59. The molecule has 0 spiro atoms. The minimum absolute atomic E-state index is 0.0891. The molecule has 11 heteroatoms. The summed E-state index contributed by atoms with van der Waals surface area (Å²) in [5.74, 6) is -3.48. The van der Waals surface area contributed by atoms with E-state index in [9.17, 15) is 35.2 Å². The van der Waals surface area contributed by atoms with Gasteiger partial charge in [0.1, 0.15) is 22.8 Å². The van der Waals surface area contributed by atoms with Crippen LogP contribution in [0.15, 0.2) is 56.8 Å². The largest absolute Gasteiger partial charge is 0.424 e. The first-order valence-electron chi connectivity index (χ1n) is 7.47. The van der Waals surface area contributed by atoms with Crippen molar-refractivity contribution < 1.29 is 34.8 Å². The van der Waals surface area contributed by atoms with Gasteiger partial charge < -0.3 is 4.42 Å². The Hall–Kier alpha value is -2.95. The standard InChI is InChI=1S/C17H10F5NO4S/c1-28(25,26)15-7-12(18)11(6-13(15)19)14-8-27-16(24)23(14)10-4-2-9(3-5-10)17(20,21)22/h2-8H,1H3. The molecule has 148 valence electrons. The second-order valence-electron chi connectivity index (χ2n) is 5.80. The molecule has 0 aliphatic heterocycles. The zero-order valence-electron chi connectivity index (χ0n) is 13.9. The van der Waals surface area contributed by atoms with Gasteiger partial charge in [0, 0.05) is 11.8 Å². The van der Waals surface area contributed by atoms with Crippen molar-refractivity contribution in [3.05, 3.63) is 70.4 Å². The maximum absolute atomic E-state index is 14.4. The zero-order valence-corrected chi connectivity index (χ0v) is 14.7. The fraction of sp³-hybridized carbons (Fsp3) is 0.118. The lowest BCUT2D eigenvalue weighted by Gasteiger charge is -2.11. The molecule has 2 aromatic carbocycles. The average molecular weight is 419 g/mol. The Morgan fingerprint density at radius 2 is 1.61 bits per heavy atom. The molecule has 0 fully saturated rings. The molecule has 0 bridgehead atoms. The predicted molar refractivity (Wildman–Crippen MR) is 87.8 cm³/mol. The van der Waals surface area contributed by atoms with Gasteiger partial charge in [-0.25, -0.2) is 26.6 Å². The number of sulfone groups is 1.